The van der Waals surface area contributed by atoms with Crippen molar-refractivity contribution in [3.63, 3.8) is 0 Å². The Kier molecular flexibility index (Phi) is 5.33. The molecule has 8 nitrogen and oxygen atoms in total. The first-order valence-electron chi connectivity index (χ1n) is 10.8. The topological polar surface area (TPSA) is 95.7 Å². The van der Waals surface area contributed by atoms with Gasteiger partial charge in [-0.1, -0.05) is 0 Å². The van der Waals surface area contributed by atoms with Crippen molar-refractivity contribution in [1.29, 1.82) is 0 Å². The lowest BCUT2D eigenvalue weighted by Crippen LogP contribution is -2.24. The number of hydrogen-bond acceptors (Lipinski definition) is 7. The number of ether oxygens (including phenoxy) is 1. The van der Waals surface area contributed by atoms with Gasteiger partial charge in [0.05, 0.1) is 23.1 Å². The summed E-state index contributed by atoms with van der Waals surface area (Å²) >= 11 is 0. The standard InChI is InChI=1S/C23H21F3N6O2/c1-11-12(2)29-21-19(28-11)18(14-6-16(7-14)23(24,25)26)30-20(31-21)13-4-5-34-17(8-13)15-9-27-22(33)32(3)10-15/h9-10,13,17H,4-6,8H2,1-3H3. The van der Waals surface area contributed by atoms with Gasteiger partial charge in [-0.15, -0.1) is 5.73 Å². The second kappa shape index (κ2) is 8.11. The number of hydrogen-bond donors (Lipinski definition) is 0. The van der Waals surface area contributed by atoms with Crippen molar-refractivity contribution in [2.24, 2.45) is 7.05 Å². The van der Waals surface area contributed by atoms with Gasteiger partial charge in [0.2, 0.25) is 0 Å². The molecule has 0 saturated carbocycles. The zero-order valence-electron chi connectivity index (χ0n) is 18.8. The van der Waals surface area contributed by atoms with Gasteiger partial charge in [0, 0.05) is 49.5 Å². The molecule has 1 saturated heterocycles. The Morgan fingerprint density at radius 3 is 2.59 bits per heavy atom. The van der Waals surface area contributed by atoms with E-state index in [0.29, 0.717) is 59.1 Å². The summed E-state index contributed by atoms with van der Waals surface area (Å²) in [6.45, 7) is 4.04. The average molecular weight is 470 g/mol. The van der Waals surface area contributed by atoms with Crippen molar-refractivity contribution in [2.45, 2.75) is 51.3 Å². The third-order valence-corrected chi connectivity index (χ3v) is 6.23. The number of allylic oxidation sites excluding steroid dienone is 1. The molecule has 0 N–H and O–H groups in total. The van der Waals surface area contributed by atoms with Crippen LogP contribution in [0.25, 0.3) is 16.7 Å². The molecule has 176 valence electrons. The largest absolute Gasteiger partial charge is 0.420 e. The molecule has 0 bridgehead atoms. The van der Waals surface area contributed by atoms with Crippen molar-refractivity contribution in [1.82, 2.24) is 29.5 Å². The van der Waals surface area contributed by atoms with Crippen LogP contribution in [-0.2, 0) is 11.8 Å². The first kappa shape index (κ1) is 22.4. The quantitative estimate of drug-likeness (QED) is 0.540. The van der Waals surface area contributed by atoms with E-state index < -0.39 is 11.7 Å². The predicted molar refractivity (Wildman–Crippen MR) is 116 cm³/mol. The minimum atomic E-state index is -4.41. The molecule has 4 heterocycles. The molecule has 34 heavy (non-hydrogen) atoms. The summed E-state index contributed by atoms with van der Waals surface area (Å²) in [6.07, 6.45) is -0.633. The molecule has 0 spiro atoms. The first-order chi connectivity index (χ1) is 16.1. The fourth-order valence-corrected chi connectivity index (χ4v) is 4.14. The van der Waals surface area contributed by atoms with E-state index in [-0.39, 0.29) is 24.1 Å². The lowest BCUT2D eigenvalue weighted by molar-refractivity contribution is -0.0934. The highest BCUT2D eigenvalue weighted by Gasteiger charge is 2.39. The van der Waals surface area contributed by atoms with Gasteiger partial charge in [-0.3, -0.25) is 0 Å². The summed E-state index contributed by atoms with van der Waals surface area (Å²) in [5.41, 5.74) is 4.90. The summed E-state index contributed by atoms with van der Waals surface area (Å²) in [4.78, 5) is 33.9. The molecule has 1 fully saturated rings. The fraction of sp³-hybridized carbons (Fsp3) is 0.435. The zero-order valence-corrected chi connectivity index (χ0v) is 18.8. The smallest absolute Gasteiger partial charge is 0.373 e. The van der Waals surface area contributed by atoms with E-state index in [1.165, 1.54) is 10.8 Å². The van der Waals surface area contributed by atoms with E-state index in [1.807, 2.05) is 6.92 Å². The van der Waals surface area contributed by atoms with E-state index in [0.717, 1.165) is 5.56 Å². The second-order valence-corrected chi connectivity index (χ2v) is 8.62. The first-order valence-corrected chi connectivity index (χ1v) is 10.8. The molecule has 1 aliphatic heterocycles. The summed E-state index contributed by atoms with van der Waals surface area (Å²) in [5.74, 6) is 0.371. The third kappa shape index (κ3) is 4.01. The third-order valence-electron chi connectivity index (χ3n) is 6.23. The van der Waals surface area contributed by atoms with Gasteiger partial charge in [0.25, 0.3) is 0 Å². The maximum atomic E-state index is 13.0. The Morgan fingerprint density at radius 2 is 1.88 bits per heavy atom. The number of rotatable bonds is 3. The number of halogens is 3. The summed E-state index contributed by atoms with van der Waals surface area (Å²) < 4.78 is 46.4. The van der Waals surface area contributed by atoms with Gasteiger partial charge in [-0.05, 0) is 26.7 Å². The van der Waals surface area contributed by atoms with Crippen LogP contribution in [0.3, 0.4) is 0 Å². The van der Waals surface area contributed by atoms with Gasteiger partial charge >= 0.3 is 11.9 Å². The second-order valence-electron chi connectivity index (χ2n) is 8.62. The molecule has 5 rings (SSSR count). The summed E-state index contributed by atoms with van der Waals surface area (Å²) in [7, 11) is 1.62. The van der Waals surface area contributed by atoms with Gasteiger partial charge in [0.1, 0.15) is 17.0 Å². The normalized spacial score (nSPS) is 20.6. The maximum Gasteiger partial charge on any atom is 0.420 e. The van der Waals surface area contributed by atoms with Gasteiger partial charge in [0.15, 0.2) is 5.65 Å². The zero-order chi connectivity index (χ0) is 24.2. The Balaban J connectivity index is 1.57. The monoisotopic (exact) mass is 470 g/mol. The fourth-order valence-electron chi connectivity index (χ4n) is 4.14. The van der Waals surface area contributed by atoms with Crippen molar-refractivity contribution in [3.8, 4) is 0 Å². The molecular weight excluding hydrogens is 449 g/mol. The molecule has 2 aliphatic rings. The number of aryl methyl sites for hydroxylation is 3. The van der Waals surface area contributed by atoms with Crippen LogP contribution < -0.4 is 5.69 Å². The Bertz CT molecular complexity index is 1440. The SMILES string of the molecule is Cc1nc2nc(C3CCOC(c4cnc(=O)n(C)c4)C3)nc(C3=C=C(C(F)(F)F)C3)c2nc1C. The Hall–Kier alpha value is -3.43. The highest BCUT2D eigenvalue weighted by atomic mass is 19.4. The van der Waals surface area contributed by atoms with Crippen molar-refractivity contribution >= 4 is 16.7 Å². The number of nitrogens with zero attached hydrogens (tertiary/aromatic N) is 6. The van der Waals surface area contributed by atoms with Crippen LogP contribution in [0.15, 0.2) is 28.5 Å². The number of fused-ring (bicyclic) bond motifs is 1. The van der Waals surface area contributed by atoms with Crippen molar-refractivity contribution < 1.29 is 17.9 Å². The Labute approximate surface area is 192 Å². The van der Waals surface area contributed by atoms with E-state index in [4.69, 9.17) is 4.74 Å². The van der Waals surface area contributed by atoms with E-state index in [2.05, 4.69) is 30.7 Å². The van der Waals surface area contributed by atoms with Crippen LogP contribution in [0.5, 0.6) is 0 Å². The van der Waals surface area contributed by atoms with Crippen LogP contribution in [-0.4, -0.2) is 42.3 Å². The van der Waals surface area contributed by atoms with Crippen molar-refractivity contribution in [3.05, 3.63) is 62.7 Å². The van der Waals surface area contributed by atoms with E-state index in [9.17, 15) is 18.0 Å². The molecule has 2 unspecified atom stereocenters. The maximum absolute atomic E-state index is 13.0. The molecule has 11 heteroatoms. The molecule has 2 atom stereocenters. The molecule has 0 amide bonds. The average Bonchev–Trinajstić information content (AvgIpc) is 2.74. The minimum Gasteiger partial charge on any atom is -0.373 e. The summed E-state index contributed by atoms with van der Waals surface area (Å²) in [6, 6.07) is 0. The van der Waals surface area contributed by atoms with E-state index in [1.54, 1.807) is 20.2 Å². The highest BCUT2D eigenvalue weighted by Crippen LogP contribution is 2.41. The van der Waals surface area contributed by atoms with Crippen LogP contribution in [0.2, 0.25) is 0 Å². The van der Waals surface area contributed by atoms with Crippen LogP contribution in [0, 0.1) is 13.8 Å². The van der Waals surface area contributed by atoms with Gasteiger partial charge in [-0.2, -0.15) is 13.2 Å². The molecule has 0 radical (unpaired) electrons. The minimum absolute atomic E-state index is 0.116. The number of aromatic nitrogens is 6. The van der Waals surface area contributed by atoms with Crippen LogP contribution in [0.1, 0.15) is 59.8 Å². The highest BCUT2D eigenvalue weighted by molar-refractivity contribution is 5.87. The van der Waals surface area contributed by atoms with Crippen LogP contribution >= 0.6 is 0 Å². The summed E-state index contributed by atoms with van der Waals surface area (Å²) in [5, 5.41) is 0. The predicted octanol–water partition coefficient (Wildman–Crippen LogP) is 3.64. The molecule has 1 aliphatic carbocycles. The molecular formula is C23H21F3N6O2. The molecule has 3 aromatic rings. The Morgan fingerprint density at radius 1 is 1.15 bits per heavy atom. The van der Waals surface area contributed by atoms with Gasteiger partial charge < -0.3 is 9.30 Å². The lowest BCUT2D eigenvalue weighted by Gasteiger charge is -2.29. The molecule has 0 aromatic carbocycles. The number of alkyl halides is 3. The van der Waals surface area contributed by atoms with Gasteiger partial charge in [-0.25, -0.2) is 29.7 Å². The lowest BCUT2D eigenvalue weighted by atomic mass is 9.90. The van der Waals surface area contributed by atoms with Crippen molar-refractivity contribution in [2.75, 3.05) is 6.61 Å². The van der Waals surface area contributed by atoms with Crippen LogP contribution in [0.4, 0.5) is 13.2 Å². The van der Waals surface area contributed by atoms with E-state index >= 15 is 0 Å². The molecule has 3 aromatic heterocycles.